The van der Waals surface area contributed by atoms with Gasteiger partial charge in [0.05, 0.1) is 6.54 Å². The number of hydrogen-bond acceptors (Lipinski definition) is 3. The molecule has 2 aromatic rings. The first-order chi connectivity index (χ1) is 11.6. The molecule has 3 N–H and O–H groups in total. The highest BCUT2D eigenvalue weighted by atomic mass is 19.1. The molecule has 0 aliphatic rings. The third-order valence-corrected chi connectivity index (χ3v) is 3.26. The smallest absolute Gasteiger partial charge is 0.251 e. The van der Waals surface area contributed by atoms with Crippen LogP contribution in [0.3, 0.4) is 0 Å². The van der Waals surface area contributed by atoms with Crippen molar-refractivity contribution in [2.24, 2.45) is 0 Å². The summed E-state index contributed by atoms with van der Waals surface area (Å²) in [7, 11) is 0. The van der Waals surface area contributed by atoms with Gasteiger partial charge in [-0.15, -0.1) is 0 Å². The minimum Gasteiger partial charge on any atom is -0.376 e. The van der Waals surface area contributed by atoms with E-state index < -0.39 is 0 Å². The second-order valence-corrected chi connectivity index (χ2v) is 5.24. The highest BCUT2D eigenvalue weighted by molar-refractivity contribution is 5.95. The van der Waals surface area contributed by atoms with Crippen LogP contribution < -0.4 is 16.0 Å². The van der Waals surface area contributed by atoms with Crippen LogP contribution >= 0.6 is 0 Å². The first kappa shape index (κ1) is 17.5. The van der Waals surface area contributed by atoms with E-state index in [1.807, 2.05) is 6.92 Å². The van der Waals surface area contributed by atoms with Gasteiger partial charge in [-0.1, -0.05) is 6.92 Å². The third-order valence-electron chi connectivity index (χ3n) is 3.26. The van der Waals surface area contributed by atoms with Crippen molar-refractivity contribution >= 4 is 23.2 Å². The molecule has 0 aliphatic carbocycles. The number of halogens is 1. The van der Waals surface area contributed by atoms with Gasteiger partial charge in [-0.25, -0.2) is 4.39 Å². The lowest BCUT2D eigenvalue weighted by Gasteiger charge is -2.09. The van der Waals surface area contributed by atoms with E-state index in [0.29, 0.717) is 17.8 Å². The van der Waals surface area contributed by atoms with E-state index in [-0.39, 0.29) is 24.2 Å². The first-order valence-electron chi connectivity index (χ1n) is 7.76. The molecule has 0 fully saturated rings. The quantitative estimate of drug-likeness (QED) is 0.731. The Morgan fingerprint density at radius 1 is 0.958 bits per heavy atom. The van der Waals surface area contributed by atoms with Crippen molar-refractivity contribution in [1.29, 1.82) is 0 Å². The lowest BCUT2D eigenvalue weighted by Crippen LogP contribution is -2.24. The molecule has 0 bridgehead atoms. The van der Waals surface area contributed by atoms with Crippen LogP contribution in [0.15, 0.2) is 48.5 Å². The number of carbonyl (C=O) groups excluding carboxylic acids is 2. The normalized spacial score (nSPS) is 10.1. The molecule has 0 spiro atoms. The van der Waals surface area contributed by atoms with Crippen LogP contribution in [0.4, 0.5) is 15.8 Å². The number of anilines is 2. The Kier molecular flexibility index (Phi) is 6.31. The van der Waals surface area contributed by atoms with Gasteiger partial charge in [0, 0.05) is 23.5 Å². The third kappa shape index (κ3) is 5.39. The van der Waals surface area contributed by atoms with Gasteiger partial charge in [-0.2, -0.15) is 0 Å². The van der Waals surface area contributed by atoms with Crippen molar-refractivity contribution in [3.63, 3.8) is 0 Å². The Labute approximate surface area is 140 Å². The largest absolute Gasteiger partial charge is 0.376 e. The second kappa shape index (κ2) is 8.67. The summed E-state index contributed by atoms with van der Waals surface area (Å²) in [6.45, 7) is 2.70. The van der Waals surface area contributed by atoms with E-state index >= 15 is 0 Å². The lowest BCUT2D eigenvalue weighted by molar-refractivity contribution is -0.114. The van der Waals surface area contributed by atoms with Crippen LogP contribution in [-0.4, -0.2) is 24.9 Å². The Morgan fingerprint density at radius 3 is 2.21 bits per heavy atom. The Hall–Kier alpha value is -2.89. The molecule has 6 heteroatoms. The predicted molar refractivity (Wildman–Crippen MR) is 92.6 cm³/mol. The van der Waals surface area contributed by atoms with Gasteiger partial charge in [0.25, 0.3) is 5.91 Å². The van der Waals surface area contributed by atoms with E-state index in [1.54, 1.807) is 24.3 Å². The van der Waals surface area contributed by atoms with Crippen LogP contribution in [0, 0.1) is 5.82 Å². The number of hydrogen-bond donors (Lipinski definition) is 3. The Bertz CT molecular complexity index is 684. The van der Waals surface area contributed by atoms with Crippen LogP contribution in [0.5, 0.6) is 0 Å². The predicted octanol–water partition coefficient (Wildman–Crippen LogP) is 3.02. The molecule has 0 aromatic heterocycles. The summed E-state index contributed by atoms with van der Waals surface area (Å²) in [5, 5.41) is 8.43. The summed E-state index contributed by atoms with van der Waals surface area (Å²) in [4.78, 5) is 23.6. The summed E-state index contributed by atoms with van der Waals surface area (Å²) in [6, 6.07) is 12.4. The molecule has 2 aromatic carbocycles. The molecule has 5 nitrogen and oxygen atoms in total. The Balaban J connectivity index is 1.82. The fraction of sp³-hybridized carbons (Fsp3) is 0.222. The van der Waals surface area contributed by atoms with Gasteiger partial charge < -0.3 is 16.0 Å². The van der Waals surface area contributed by atoms with E-state index in [0.717, 1.165) is 12.1 Å². The minimum absolute atomic E-state index is 0.0682. The highest BCUT2D eigenvalue weighted by Crippen LogP contribution is 2.10. The maximum Gasteiger partial charge on any atom is 0.251 e. The minimum atomic E-state index is -0.353. The average Bonchev–Trinajstić information content (AvgIpc) is 2.60. The summed E-state index contributed by atoms with van der Waals surface area (Å²) in [6.07, 6.45) is 0.883. The van der Waals surface area contributed by atoms with Gasteiger partial charge in [-0.3, -0.25) is 9.59 Å². The zero-order valence-electron chi connectivity index (χ0n) is 13.4. The molecule has 0 heterocycles. The number of carbonyl (C=O) groups is 2. The monoisotopic (exact) mass is 329 g/mol. The molecule has 0 unspecified atom stereocenters. The SMILES string of the molecule is CCCNC(=O)c1ccc(NCC(=O)Nc2ccc(F)cc2)cc1. The highest BCUT2D eigenvalue weighted by Gasteiger charge is 2.05. The summed E-state index contributed by atoms with van der Waals surface area (Å²) in [5.41, 5.74) is 1.84. The number of nitrogens with one attached hydrogen (secondary N) is 3. The molecule has 0 atom stereocenters. The first-order valence-corrected chi connectivity index (χ1v) is 7.76. The van der Waals surface area contributed by atoms with Crippen molar-refractivity contribution < 1.29 is 14.0 Å². The average molecular weight is 329 g/mol. The molecule has 0 radical (unpaired) electrons. The molecule has 0 saturated heterocycles. The van der Waals surface area contributed by atoms with Gasteiger partial charge in [0.1, 0.15) is 5.82 Å². The van der Waals surface area contributed by atoms with Crippen molar-refractivity contribution in [3.05, 3.63) is 59.9 Å². The molecular formula is C18H20FN3O2. The van der Waals surface area contributed by atoms with Gasteiger partial charge in [0.15, 0.2) is 0 Å². The summed E-state index contributed by atoms with van der Waals surface area (Å²) >= 11 is 0. The van der Waals surface area contributed by atoms with Gasteiger partial charge in [-0.05, 0) is 55.0 Å². The summed E-state index contributed by atoms with van der Waals surface area (Å²) < 4.78 is 12.8. The van der Waals surface area contributed by atoms with Crippen molar-refractivity contribution in [2.45, 2.75) is 13.3 Å². The number of amides is 2. The van der Waals surface area contributed by atoms with E-state index in [2.05, 4.69) is 16.0 Å². The van der Waals surface area contributed by atoms with Crippen molar-refractivity contribution in [3.8, 4) is 0 Å². The van der Waals surface area contributed by atoms with Crippen LogP contribution in [0.2, 0.25) is 0 Å². The van der Waals surface area contributed by atoms with E-state index in [9.17, 15) is 14.0 Å². The molecule has 0 aliphatic heterocycles. The molecule has 0 saturated carbocycles. The molecular weight excluding hydrogens is 309 g/mol. The second-order valence-electron chi connectivity index (χ2n) is 5.24. The lowest BCUT2D eigenvalue weighted by atomic mass is 10.2. The Morgan fingerprint density at radius 2 is 1.58 bits per heavy atom. The number of benzene rings is 2. The van der Waals surface area contributed by atoms with Gasteiger partial charge in [0.2, 0.25) is 5.91 Å². The van der Waals surface area contributed by atoms with Crippen LogP contribution in [-0.2, 0) is 4.79 Å². The molecule has 24 heavy (non-hydrogen) atoms. The van der Waals surface area contributed by atoms with Crippen molar-refractivity contribution in [1.82, 2.24) is 5.32 Å². The van der Waals surface area contributed by atoms with Gasteiger partial charge >= 0.3 is 0 Å². The topological polar surface area (TPSA) is 70.2 Å². The molecule has 2 rings (SSSR count). The van der Waals surface area contributed by atoms with Crippen molar-refractivity contribution in [2.75, 3.05) is 23.7 Å². The standard InChI is InChI=1S/C18H20FN3O2/c1-2-11-20-18(24)13-3-7-15(8-4-13)21-12-17(23)22-16-9-5-14(19)6-10-16/h3-10,21H,2,11-12H2,1H3,(H,20,24)(H,22,23). The molecule has 2 amide bonds. The maximum atomic E-state index is 12.8. The zero-order chi connectivity index (χ0) is 17.4. The van der Waals surface area contributed by atoms with Crippen LogP contribution in [0.25, 0.3) is 0 Å². The summed E-state index contributed by atoms with van der Waals surface area (Å²) in [5.74, 6) is -0.710. The van der Waals surface area contributed by atoms with E-state index in [1.165, 1.54) is 24.3 Å². The number of rotatable bonds is 7. The fourth-order valence-electron chi connectivity index (χ4n) is 2.00. The maximum absolute atomic E-state index is 12.8. The van der Waals surface area contributed by atoms with Crippen LogP contribution in [0.1, 0.15) is 23.7 Å². The fourth-order valence-corrected chi connectivity index (χ4v) is 2.00. The molecule has 126 valence electrons. The van der Waals surface area contributed by atoms with E-state index in [4.69, 9.17) is 0 Å². The zero-order valence-corrected chi connectivity index (χ0v) is 13.4.